The molecule has 2 fully saturated rings. The lowest BCUT2D eigenvalue weighted by molar-refractivity contribution is -0.142. The summed E-state index contributed by atoms with van der Waals surface area (Å²) in [6.07, 6.45) is 5.51. The van der Waals surface area contributed by atoms with Crippen LogP contribution in [0.25, 0.3) is 0 Å². The minimum absolute atomic E-state index is 0.227. The average Bonchev–Trinajstić information content (AvgIpc) is 3.07. The fourth-order valence-corrected chi connectivity index (χ4v) is 2.98. The van der Waals surface area contributed by atoms with Crippen LogP contribution in [0.15, 0.2) is 12.3 Å². The molecule has 0 amide bonds. The molecule has 1 atom stereocenters. The Morgan fingerprint density at radius 1 is 1.41 bits per heavy atom. The summed E-state index contributed by atoms with van der Waals surface area (Å²) < 4.78 is 5.57. The van der Waals surface area contributed by atoms with E-state index in [1.165, 1.54) is 0 Å². The fraction of sp³-hybridized carbons (Fsp3) is 0.667. The number of hydrogen-bond acceptors (Lipinski definition) is 6. The third kappa shape index (κ3) is 3.65. The molecule has 0 saturated carbocycles. The molecule has 7 nitrogen and oxygen atoms in total. The molecule has 120 valence electrons. The van der Waals surface area contributed by atoms with Gasteiger partial charge in [0.15, 0.2) is 0 Å². The highest BCUT2D eigenvalue weighted by Gasteiger charge is 2.25. The fourth-order valence-electron chi connectivity index (χ4n) is 2.98. The third-order valence-corrected chi connectivity index (χ3v) is 4.32. The van der Waals surface area contributed by atoms with E-state index in [-0.39, 0.29) is 12.0 Å². The van der Waals surface area contributed by atoms with Crippen LogP contribution in [0.5, 0.6) is 0 Å². The van der Waals surface area contributed by atoms with E-state index in [2.05, 4.69) is 20.2 Å². The Labute approximate surface area is 129 Å². The molecule has 2 aliphatic heterocycles. The first-order chi connectivity index (χ1) is 10.7. The van der Waals surface area contributed by atoms with E-state index < -0.39 is 5.97 Å². The minimum atomic E-state index is -0.693. The summed E-state index contributed by atoms with van der Waals surface area (Å²) >= 11 is 0. The number of aliphatic carboxylic acids is 1. The molecule has 0 aromatic carbocycles. The maximum absolute atomic E-state index is 11.0. The van der Waals surface area contributed by atoms with Gasteiger partial charge in [0.1, 0.15) is 5.82 Å². The number of nitrogens with one attached hydrogen (secondary N) is 1. The summed E-state index contributed by atoms with van der Waals surface area (Å²) in [5.74, 6) is 0.540. The largest absolute Gasteiger partial charge is 0.481 e. The molecule has 0 spiro atoms. The lowest BCUT2D eigenvalue weighted by Crippen LogP contribution is -2.36. The SMILES string of the molecule is O=C(O)C1CCN(c2ccnc(NCC3CCCO3)n2)CC1. The Hall–Kier alpha value is -1.89. The highest BCUT2D eigenvalue weighted by Crippen LogP contribution is 2.22. The van der Waals surface area contributed by atoms with Gasteiger partial charge in [-0.05, 0) is 31.7 Å². The van der Waals surface area contributed by atoms with Crippen LogP contribution in [0.1, 0.15) is 25.7 Å². The average molecular weight is 306 g/mol. The van der Waals surface area contributed by atoms with Crippen molar-refractivity contribution in [2.45, 2.75) is 31.8 Å². The Kier molecular flexibility index (Phi) is 4.72. The van der Waals surface area contributed by atoms with Gasteiger partial charge >= 0.3 is 5.97 Å². The number of aromatic nitrogens is 2. The summed E-state index contributed by atoms with van der Waals surface area (Å²) in [7, 11) is 0. The van der Waals surface area contributed by atoms with Gasteiger partial charge in [0.05, 0.1) is 12.0 Å². The molecule has 2 N–H and O–H groups in total. The normalized spacial score (nSPS) is 22.7. The van der Waals surface area contributed by atoms with E-state index in [9.17, 15) is 4.79 Å². The molecule has 0 radical (unpaired) electrons. The van der Waals surface area contributed by atoms with Gasteiger partial charge in [-0.25, -0.2) is 4.98 Å². The lowest BCUT2D eigenvalue weighted by Gasteiger charge is -2.31. The summed E-state index contributed by atoms with van der Waals surface area (Å²) in [5, 5.41) is 12.3. The predicted molar refractivity (Wildman–Crippen MR) is 82.1 cm³/mol. The molecular weight excluding hydrogens is 284 g/mol. The van der Waals surface area contributed by atoms with Crippen LogP contribution >= 0.6 is 0 Å². The van der Waals surface area contributed by atoms with Crippen LogP contribution in [0.3, 0.4) is 0 Å². The molecule has 1 aromatic rings. The van der Waals surface area contributed by atoms with Crippen molar-refractivity contribution in [3.63, 3.8) is 0 Å². The first-order valence-electron chi connectivity index (χ1n) is 7.88. The van der Waals surface area contributed by atoms with Crippen molar-refractivity contribution in [2.24, 2.45) is 5.92 Å². The van der Waals surface area contributed by atoms with Crippen molar-refractivity contribution in [3.8, 4) is 0 Å². The first kappa shape index (κ1) is 15.0. The van der Waals surface area contributed by atoms with Crippen molar-refractivity contribution >= 4 is 17.7 Å². The van der Waals surface area contributed by atoms with Gasteiger partial charge in [0.2, 0.25) is 5.95 Å². The molecule has 0 aliphatic carbocycles. The monoisotopic (exact) mass is 306 g/mol. The van der Waals surface area contributed by atoms with Crippen LogP contribution in [0.4, 0.5) is 11.8 Å². The second-order valence-electron chi connectivity index (χ2n) is 5.85. The zero-order chi connectivity index (χ0) is 15.4. The minimum Gasteiger partial charge on any atom is -0.481 e. The molecule has 0 bridgehead atoms. The van der Waals surface area contributed by atoms with Crippen molar-refractivity contribution in [1.29, 1.82) is 0 Å². The van der Waals surface area contributed by atoms with E-state index in [0.717, 1.165) is 44.9 Å². The van der Waals surface area contributed by atoms with Crippen molar-refractivity contribution in [3.05, 3.63) is 12.3 Å². The highest BCUT2D eigenvalue weighted by atomic mass is 16.5. The quantitative estimate of drug-likeness (QED) is 0.849. The van der Waals surface area contributed by atoms with E-state index in [1.807, 2.05) is 6.07 Å². The first-order valence-corrected chi connectivity index (χ1v) is 7.88. The van der Waals surface area contributed by atoms with Crippen LogP contribution < -0.4 is 10.2 Å². The predicted octanol–water partition coefficient (Wildman–Crippen LogP) is 1.37. The maximum Gasteiger partial charge on any atom is 0.306 e. The summed E-state index contributed by atoms with van der Waals surface area (Å²) in [6.45, 7) is 3.01. The number of carboxylic acids is 1. The van der Waals surface area contributed by atoms with E-state index >= 15 is 0 Å². The molecule has 1 aromatic heterocycles. The number of hydrogen-bond donors (Lipinski definition) is 2. The maximum atomic E-state index is 11.0. The zero-order valence-corrected chi connectivity index (χ0v) is 12.6. The van der Waals surface area contributed by atoms with Crippen LogP contribution in [0, 0.1) is 5.92 Å². The molecule has 1 unspecified atom stereocenters. The van der Waals surface area contributed by atoms with Gasteiger partial charge < -0.3 is 20.1 Å². The number of piperidine rings is 1. The number of rotatable bonds is 5. The summed E-state index contributed by atoms with van der Waals surface area (Å²) in [6, 6.07) is 1.87. The molecule has 2 saturated heterocycles. The van der Waals surface area contributed by atoms with Gasteiger partial charge in [-0.1, -0.05) is 0 Å². The molecule has 3 rings (SSSR count). The Balaban J connectivity index is 1.55. The van der Waals surface area contributed by atoms with E-state index in [0.29, 0.717) is 18.8 Å². The van der Waals surface area contributed by atoms with Gasteiger partial charge in [0, 0.05) is 32.4 Å². The lowest BCUT2D eigenvalue weighted by atomic mass is 9.97. The Morgan fingerprint density at radius 2 is 2.23 bits per heavy atom. The molecular formula is C15H22N4O3. The Bertz CT molecular complexity index is 511. The smallest absolute Gasteiger partial charge is 0.306 e. The van der Waals surface area contributed by atoms with E-state index in [4.69, 9.17) is 9.84 Å². The van der Waals surface area contributed by atoms with Crippen LogP contribution in [-0.2, 0) is 9.53 Å². The highest BCUT2D eigenvalue weighted by molar-refractivity contribution is 5.70. The van der Waals surface area contributed by atoms with Crippen molar-refractivity contribution in [2.75, 3.05) is 36.5 Å². The number of ether oxygens (including phenoxy) is 1. The number of carboxylic acid groups (broad SMARTS) is 1. The molecule has 2 aliphatic rings. The number of anilines is 2. The molecule has 7 heteroatoms. The second kappa shape index (κ2) is 6.91. The van der Waals surface area contributed by atoms with Crippen molar-refractivity contribution < 1.29 is 14.6 Å². The molecule has 3 heterocycles. The second-order valence-corrected chi connectivity index (χ2v) is 5.85. The van der Waals surface area contributed by atoms with Crippen molar-refractivity contribution in [1.82, 2.24) is 9.97 Å². The van der Waals surface area contributed by atoms with E-state index in [1.54, 1.807) is 6.20 Å². The summed E-state index contributed by atoms with van der Waals surface area (Å²) in [5.41, 5.74) is 0. The topological polar surface area (TPSA) is 87.6 Å². The third-order valence-electron chi connectivity index (χ3n) is 4.32. The standard InChI is InChI=1S/C15H22N4O3/c20-14(21)11-4-7-19(8-5-11)13-3-6-16-15(18-13)17-10-12-2-1-9-22-12/h3,6,11-12H,1-2,4-5,7-10H2,(H,20,21)(H,16,17,18). The zero-order valence-electron chi connectivity index (χ0n) is 12.6. The van der Waals surface area contributed by atoms with Crippen LogP contribution in [-0.4, -0.2) is 53.4 Å². The molecule has 22 heavy (non-hydrogen) atoms. The number of carbonyl (C=O) groups is 1. The van der Waals surface area contributed by atoms with Crippen LogP contribution in [0.2, 0.25) is 0 Å². The van der Waals surface area contributed by atoms with Gasteiger partial charge in [-0.2, -0.15) is 4.98 Å². The van der Waals surface area contributed by atoms with Gasteiger partial charge in [-0.3, -0.25) is 4.79 Å². The Morgan fingerprint density at radius 3 is 2.91 bits per heavy atom. The number of nitrogens with zero attached hydrogens (tertiary/aromatic N) is 3. The van der Waals surface area contributed by atoms with Gasteiger partial charge in [-0.15, -0.1) is 0 Å². The summed E-state index contributed by atoms with van der Waals surface area (Å²) in [4.78, 5) is 21.9. The van der Waals surface area contributed by atoms with Gasteiger partial charge in [0.25, 0.3) is 0 Å².